The van der Waals surface area contributed by atoms with Crippen molar-refractivity contribution < 1.29 is 23.1 Å². The number of piperidine rings is 1. The second kappa shape index (κ2) is 5.96. The minimum Gasteiger partial charge on any atom is -0.478 e. The van der Waals surface area contributed by atoms with Crippen LogP contribution in [0.4, 0.5) is 0 Å². The molecule has 0 unspecified atom stereocenters. The molecule has 0 radical (unpaired) electrons. The quantitative estimate of drug-likeness (QED) is 0.652. The van der Waals surface area contributed by atoms with Gasteiger partial charge in [-0.3, -0.25) is 4.79 Å². The maximum Gasteiger partial charge on any atom is 0.328 e. The number of carbonyl (C=O) groups excluding carboxylic acids is 1. The molecule has 0 aromatic rings. The van der Waals surface area contributed by atoms with Gasteiger partial charge in [0.1, 0.15) is 0 Å². The van der Waals surface area contributed by atoms with Crippen LogP contribution >= 0.6 is 0 Å². The summed E-state index contributed by atoms with van der Waals surface area (Å²) in [5.74, 6) is -1.54. The molecule has 1 rings (SSSR count). The van der Waals surface area contributed by atoms with Crippen LogP contribution in [0.15, 0.2) is 12.2 Å². The van der Waals surface area contributed by atoms with Crippen LogP contribution in [-0.2, 0) is 19.6 Å². The average Bonchev–Trinajstić information content (AvgIpc) is 2.24. The molecule has 1 amide bonds. The highest BCUT2D eigenvalue weighted by Crippen LogP contribution is 2.11. The second-order valence-electron chi connectivity index (χ2n) is 4.16. The van der Waals surface area contributed by atoms with Crippen LogP contribution in [0.2, 0.25) is 0 Å². The molecule has 18 heavy (non-hydrogen) atoms. The first-order valence-electron chi connectivity index (χ1n) is 5.45. The summed E-state index contributed by atoms with van der Waals surface area (Å²) < 4.78 is 24.5. The Labute approximate surface area is 106 Å². The molecular weight excluding hydrogens is 260 g/mol. The van der Waals surface area contributed by atoms with E-state index in [-0.39, 0.29) is 11.9 Å². The number of carboxylic acid groups (broad SMARTS) is 1. The number of hydrogen-bond donors (Lipinski definition) is 2. The highest BCUT2D eigenvalue weighted by atomic mass is 32.2. The predicted molar refractivity (Wildman–Crippen MR) is 64.4 cm³/mol. The molecule has 8 heteroatoms. The van der Waals surface area contributed by atoms with Gasteiger partial charge in [0.25, 0.3) is 0 Å². The van der Waals surface area contributed by atoms with E-state index in [9.17, 15) is 18.0 Å². The maximum absolute atomic E-state index is 11.5. The summed E-state index contributed by atoms with van der Waals surface area (Å²) in [6.07, 6.45) is 3.95. The molecule has 7 nitrogen and oxygen atoms in total. The molecule has 1 heterocycles. The van der Waals surface area contributed by atoms with Crippen LogP contribution in [-0.4, -0.2) is 55.7 Å². The molecule has 1 aliphatic rings. The zero-order valence-electron chi connectivity index (χ0n) is 10.00. The Bertz CT molecular complexity index is 449. The van der Waals surface area contributed by atoms with Crippen LogP contribution in [0.25, 0.3) is 0 Å². The number of nitrogens with zero attached hydrogens (tertiary/aromatic N) is 1. The van der Waals surface area contributed by atoms with Gasteiger partial charge in [-0.05, 0) is 12.8 Å². The third-order valence-corrected chi connectivity index (χ3v) is 3.32. The van der Waals surface area contributed by atoms with E-state index in [0.29, 0.717) is 25.9 Å². The van der Waals surface area contributed by atoms with Gasteiger partial charge in [-0.2, -0.15) is 0 Å². The molecule has 0 aromatic heterocycles. The van der Waals surface area contributed by atoms with Gasteiger partial charge < -0.3 is 10.0 Å². The molecule has 0 spiro atoms. The van der Waals surface area contributed by atoms with Crippen molar-refractivity contribution in [2.24, 2.45) is 0 Å². The van der Waals surface area contributed by atoms with Crippen molar-refractivity contribution in [3.63, 3.8) is 0 Å². The number of carbonyl (C=O) groups is 2. The van der Waals surface area contributed by atoms with E-state index < -0.39 is 16.0 Å². The standard InChI is InChI=1S/C10H16N2O5S/c1-18(16,17)11-8-4-6-12(7-5-8)9(13)2-3-10(14)15/h2-3,8,11H,4-7H2,1H3,(H,14,15)/b3-2+. The Morgan fingerprint density at radius 2 is 1.83 bits per heavy atom. The van der Waals surface area contributed by atoms with Crippen molar-refractivity contribution >= 4 is 21.9 Å². The zero-order chi connectivity index (χ0) is 13.8. The second-order valence-corrected chi connectivity index (χ2v) is 5.94. The molecule has 0 aliphatic carbocycles. The molecule has 0 bridgehead atoms. The molecule has 1 fully saturated rings. The first-order valence-corrected chi connectivity index (χ1v) is 7.34. The molecular formula is C10H16N2O5S. The maximum atomic E-state index is 11.5. The average molecular weight is 276 g/mol. The lowest BCUT2D eigenvalue weighted by molar-refractivity contribution is -0.132. The van der Waals surface area contributed by atoms with E-state index in [4.69, 9.17) is 5.11 Å². The zero-order valence-corrected chi connectivity index (χ0v) is 10.8. The summed E-state index contributed by atoms with van der Waals surface area (Å²) in [4.78, 5) is 23.3. The van der Waals surface area contributed by atoms with E-state index in [2.05, 4.69) is 4.72 Å². The number of carboxylic acids is 1. The molecule has 0 aromatic carbocycles. The number of rotatable bonds is 4. The monoisotopic (exact) mass is 276 g/mol. The predicted octanol–water partition coefficient (Wildman–Crippen LogP) is -0.833. The van der Waals surface area contributed by atoms with Gasteiger partial charge in [0.2, 0.25) is 15.9 Å². The Morgan fingerprint density at radius 1 is 1.28 bits per heavy atom. The van der Waals surface area contributed by atoms with E-state index >= 15 is 0 Å². The van der Waals surface area contributed by atoms with Crippen molar-refractivity contribution in [3.05, 3.63) is 12.2 Å². The van der Waals surface area contributed by atoms with Crippen LogP contribution in [0.5, 0.6) is 0 Å². The van der Waals surface area contributed by atoms with Gasteiger partial charge in [0.05, 0.1) is 6.26 Å². The molecule has 1 saturated heterocycles. The highest BCUT2D eigenvalue weighted by Gasteiger charge is 2.23. The van der Waals surface area contributed by atoms with E-state index in [0.717, 1.165) is 18.4 Å². The fourth-order valence-electron chi connectivity index (χ4n) is 1.77. The van der Waals surface area contributed by atoms with Gasteiger partial charge in [0, 0.05) is 31.3 Å². The van der Waals surface area contributed by atoms with Crippen molar-refractivity contribution in [1.82, 2.24) is 9.62 Å². The fourth-order valence-corrected chi connectivity index (χ4v) is 2.61. The Kier molecular flexibility index (Phi) is 4.85. The molecule has 2 N–H and O–H groups in total. The normalized spacial score (nSPS) is 18.2. The van der Waals surface area contributed by atoms with Crippen molar-refractivity contribution in [3.8, 4) is 0 Å². The lowest BCUT2D eigenvalue weighted by atomic mass is 10.1. The van der Waals surface area contributed by atoms with Crippen molar-refractivity contribution in [2.75, 3.05) is 19.3 Å². The Hall–Kier alpha value is -1.41. The lowest BCUT2D eigenvalue weighted by Crippen LogP contribution is -2.45. The number of nitrogens with one attached hydrogen (secondary N) is 1. The summed E-state index contributed by atoms with van der Waals surface area (Å²) in [5, 5.41) is 8.40. The SMILES string of the molecule is CS(=O)(=O)NC1CCN(C(=O)/C=C/C(=O)O)CC1. The van der Waals surface area contributed by atoms with Crippen LogP contribution in [0, 0.1) is 0 Å². The van der Waals surface area contributed by atoms with Crippen LogP contribution in [0.1, 0.15) is 12.8 Å². The van der Waals surface area contributed by atoms with E-state index in [1.54, 1.807) is 0 Å². The Morgan fingerprint density at radius 3 is 2.28 bits per heavy atom. The summed E-state index contributed by atoms with van der Waals surface area (Å²) in [7, 11) is -3.23. The minimum absolute atomic E-state index is 0.160. The first kappa shape index (κ1) is 14.7. The third-order valence-electron chi connectivity index (χ3n) is 2.56. The van der Waals surface area contributed by atoms with Crippen LogP contribution in [0.3, 0.4) is 0 Å². The summed E-state index contributed by atoms with van der Waals surface area (Å²) in [5.41, 5.74) is 0. The van der Waals surface area contributed by atoms with E-state index in [1.807, 2.05) is 0 Å². The number of likely N-dealkylation sites (tertiary alicyclic amines) is 1. The number of amides is 1. The third kappa shape index (κ3) is 5.28. The van der Waals surface area contributed by atoms with Crippen LogP contribution < -0.4 is 4.72 Å². The Balaban J connectivity index is 2.44. The lowest BCUT2D eigenvalue weighted by Gasteiger charge is -2.31. The first-order chi connectivity index (χ1) is 8.28. The number of sulfonamides is 1. The largest absolute Gasteiger partial charge is 0.478 e. The van der Waals surface area contributed by atoms with Crippen molar-refractivity contribution in [1.29, 1.82) is 0 Å². The number of aliphatic carboxylic acids is 1. The van der Waals surface area contributed by atoms with Gasteiger partial charge in [0.15, 0.2) is 0 Å². The smallest absolute Gasteiger partial charge is 0.328 e. The van der Waals surface area contributed by atoms with E-state index in [1.165, 1.54) is 4.90 Å². The summed E-state index contributed by atoms with van der Waals surface area (Å²) >= 11 is 0. The van der Waals surface area contributed by atoms with Crippen molar-refractivity contribution in [2.45, 2.75) is 18.9 Å². The minimum atomic E-state index is -3.23. The van der Waals surface area contributed by atoms with Gasteiger partial charge in [-0.1, -0.05) is 0 Å². The van der Waals surface area contributed by atoms with Gasteiger partial charge in [-0.15, -0.1) is 0 Å². The topological polar surface area (TPSA) is 104 Å². The van der Waals surface area contributed by atoms with Gasteiger partial charge in [-0.25, -0.2) is 17.9 Å². The fraction of sp³-hybridized carbons (Fsp3) is 0.600. The highest BCUT2D eigenvalue weighted by molar-refractivity contribution is 7.88. The molecule has 1 aliphatic heterocycles. The van der Waals surface area contributed by atoms with Gasteiger partial charge >= 0.3 is 5.97 Å². The molecule has 0 saturated carbocycles. The summed E-state index contributed by atoms with van der Waals surface area (Å²) in [6, 6.07) is -0.160. The summed E-state index contributed by atoms with van der Waals surface area (Å²) in [6.45, 7) is 0.825. The molecule has 102 valence electrons. The number of hydrogen-bond acceptors (Lipinski definition) is 4. The molecule has 0 atom stereocenters.